The molecule has 0 saturated carbocycles. The van der Waals surface area contributed by atoms with Gasteiger partial charge in [0.15, 0.2) is 5.82 Å². The molecule has 2 heterocycles. The number of hydrogen-bond donors (Lipinski definition) is 2. The Morgan fingerprint density at radius 3 is 2.65 bits per heavy atom. The zero-order chi connectivity index (χ0) is 23.5. The maximum absolute atomic E-state index is 13.6. The van der Waals surface area contributed by atoms with E-state index in [1.54, 1.807) is 41.1 Å². The van der Waals surface area contributed by atoms with E-state index in [-0.39, 0.29) is 18.3 Å². The van der Waals surface area contributed by atoms with Crippen molar-refractivity contribution in [3.8, 4) is 5.75 Å². The summed E-state index contributed by atoms with van der Waals surface area (Å²) >= 11 is 7.33. The summed E-state index contributed by atoms with van der Waals surface area (Å²) < 4.78 is 21.1. The van der Waals surface area contributed by atoms with Crippen molar-refractivity contribution in [3.63, 3.8) is 0 Å². The van der Waals surface area contributed by atoms with Gasteiger partial charge >= 0.3 is 0 Å². The lowest BCUT2D eigenvalue weighted by atomic mass is 10.0. The van der Waals surface area contributed by atoms with Crippen LogP contribution in [0.25, 0.3) is 0 Å². The molecular weight excluding hydrogens is 477 g/mol. The van der Waals surface area contributed by atoms with Gasteiger partial charge in [0.2, 0.25) is 11.1 Å². The number of carbonyl (C=O) groups is 1. The number of benzene rings is 3. The van der Waals surface area contributed by atoms with Crippen LogP contribution in [0.1, 0.15) is 17.4 Å². The molecule has 10 heteroatoms. The molecule has 0 radical (unpaired) electrons. The zero-order valence-electron chi connectivity index (χ0n) is 17.7. The predicted octanol–water partition coefficient (Wildman–Crippen LogP) is 5.05. The van der Waals surface area contributed by atoms with Gasteiger partial charge < -0.3 is 15.5 Å². The van der Waals surface area contributed by atoms with Crippen molar-refractivity contribution in [3.05, 3.63) is 101 Å². The number of carbonyl (C=O) groups excluding carboxylic acids is 1. The molecule has 172 valence electrons. The Morgan fingerprint density at radius 2 is 1.88 bits per heavy atom. The van der Waals surface area contributed by atoms with Gasteiger partial charge in [0.1, 0.15) is 23.4 Å². The first-order valence-corrected chi connectivity index (χ1v) is 11.7. The Bertz CT molecular complexity index is 1300. The summed E-state index contributed by atoms with van der Waals surface area (Å²) in [7, 11) is 0. The minimum Gasteiger partial charge on any atom is -0.486 e. The fourth-order valence-corrected chi connectivity index (χ4v) is 4.85. The molecule has 34 heavy (non-hydrogen) atoms. The highest BCUT2D eigenvalue weighted by molar-refractivity contribution is 8.00. The summed E-state index contributed by atoms with van der Waals surface area (Å²) in [4.78, 5) is 13.3. The zero-order valence-corrected chi connectivity index (χ0v) is 19.3. The van der Waals surface area contributed by atoms with Crippen molar-refractivity contribution in [1.82, 2.24) is 14.9 Å². The first kappa shape index (κ1) is 22.2. The molecule has 2 atom stereocenters. The first-order valence-electron chi connectivity index (χ1n) is 10.4. The number of hydrogen-bond acceptors (Lipinski definition) is 6. The molecule has 1 aliphatic heterocycles. The van der Waals surface area contributed by atoms with Gasteiger partial charge in [-0.15, -0.1) is 10.2 Å². The quantitative estimate of drug-likeness (QED) is 0.390. The van der Waals surface area contributed by atoms with Gasteiger partial charge in [0.05, 0.1) is 6.04 Å². The van der Waals surface area contributed by atoms with Gasteiger partial charge in [-0.05, 0) is 48.0 Å². The van der Waals surface area contributed by atoms with Crippen molar-refractivity contribution in [2.75, 3.05) is 10.7 Å². The highest BCUT2D eigenvalue weighted by Crippen LogP contribution is 2.38. The molecule has 0 saturated heterocycles. The third kappa shape index (κ3) is 4.85. The number of aromatic nitrogens is 3. The number of para-hydroxylation sites is 1. The number of fused-ring (bicyclic) bond motifs is 1. The lowest BCUT2D eigenvalue weighted by Gasteiger charge is -2.33. The molecule has 1 aromatic heterocycles. The normalized spacial score (nSPS) is 16.9. The van der Waals surface area contributed by atoms with Gasteiger partial charge in [-0.2, -0.15) is 0 Å². The van der Waals surface area contributed by atoms with E-state index in [4.69, 9.17) is 16.3 Å². The van der Waals surface area contributed by atoms with Crippen LogP contribution >= 0.6 is 23.4 Å². The summed E-state index contributed by atoms with van der Waals surface area (Å²) in [6.07, 6.45) is 0. The maximum Gasteiger partial charge on any atom is 0.240 e. The van der Waals surface area contributed by atoms with Crippen molar-refractivity contribution in [2.24, 2.45) is 0 Å². The number of anilines is 1. The van der Waals surface area contributed by atoms with Crippen LogP contribution in [0.2, 0.25) is 5.02 Å². The van der Waals surface area contributed by atoms with E-state index in [0.29, 0.717) is 27.4 Å². The molecule has 7 nitrogen and oxygen atoms in total. The molecule has 1 amide bonds. The topological polar surface area (TPSA) is 81.1 Å². The second-order valence-electron chi connectivity index (χ2n) is 7.53. The third-order valence-corrected chi connectivity index (χ3v) is 6.64. The lowest BCUT2D eigenvalue weighted by molar-refractivity contribution is -0.116. The van der Waals surface area contributed by atoms with Gasteiger partial charge in [0.25, 0.3) is 0 Å². The maximum atomic E-state index is 13.6. The standard InChI is InChI=1S/C24H19ClFN5O2S/c25-16-5-4-6-18(13-16)27-23(32)22-21(15-9-11-17(26)12-10-15)30-31-20(28-29-24(31)34-22)14-33-19-7-2-1-3-8-19/h1-13,21-22,30H,14H2,(H,27,32)/t21-,22+/m0/s1. The molecule has 4 aromatic rings. The average molecular weight is 496 g/mol. The second kappa shape index (κ2) is 9.74. The van der Waals surface area contributed by atoms with Gasteiger partial charge in [-0.1, -0.05) is 59.8 Å². The molecule has 0 fully saturated rings. The van der Waals surface area contributed by atoms with Crippen LogP contribution in [0.4, 0.5) is 10.1 Å². The van der Waals surface area contributed by atoms with Crippen LogP contribution in [-0.4, -0.2) is 26.0 Å². The van der Waals surface area contributed by atoms with E-state index in [1.165, 1.54) is 23.9 Å². The molecule has 0 unspecified atom stereocenters. The van der Waals surface area contributed by atoms with Crippen LogP contribution in [0.5, 0.6) is 5.75 Å². The van der Waals surface area contributed by atoms with E-state index in [2.05, 4.69) is 20.9 Å². The molecule has 0 spiro atoms. The summed E-state index contributed by atoms with van der Waals surface area (Å²) in [6.45, 7) is 0.181. The number of ether oxygens (including phenoxy) is 1. The largest absolute Gasteiger partial charge is 0.486 e. The molecule has 0 bridgehead atoms. The number of nitrogens with zero attached hydrogens (tertiary/aromatic N) is 3. The highest BCUT2D eigenvalue weighted by Gasteiger charge is 2.38. The number of amides is 1. The van der Waals surface area contributed by atoms with Crippen molar-refractivity contribution in [2.45, 2.75) is 23.1 Å². The van der Waals surface area contributed by atoms with Crippen LogP contribution in [-0.2, 0) is 11.4 Å². The Labute approximate surface area is 204 Å². The average Bonchev–Trinajstić information content (AvgIpc) is 3.25. The summed E-state index contributed by atoms with van der Waals surface area (Å²) in [5.41, 5.74) is 4.66. The predicted molar refractivity (Wildman–Crippen MR) is 129 cm³/mol. The smallest absolute Gasteiger partial charge is 0.240 e. The number of halogens is 2. The SMILES string of the molecule is O=C(Nc1cccc(Cl)c1)[C@@H]1Sc2nnc(COc3ccccc3)n2N[C@H]1c1ccc(F)cc1. The van der Waals surface area contributed by atoms with Crippen LogP contribution in [0.15, 0.2) is 84.0 Å². The van der Waals surface area contributed by atoms with Crippen molar-refractivity contribution >= 4 is 35.0 Å². The van der Waals surface area contributed by atoms with Crippen LogP contribution < -0.4 is 15.5 Å². The Kier molecular flexibility index (Phi) is 6.37. The number of rotatable bonds is 6. The monoisotopic (exact) mass is 495 g/mol. The van der Waals surface area contributed by atoms with E-state index in [0.717, 1.165) is 5.56 Å². The first-order chi connectivity index (χ1) is 16.6. The van der Waals surface area contributed by atoms with Crippen molar-refractivity contribution in [1.29, 1.82) is 0 Å². The summed E-state index contributed by atoms with van der Waals surface area (Å²) in [5, 5.41) is 11.8. The fourth-order valence-electron chi connectivity index (χ4n) is 3.56. The molecule has 5 rings (SSSR count). The van der Waals surface area contributed by atoms with E-state index < -0.39 is 11.3 Å². The number of thioether (sulfide) groups is 1. The Morgan fingerprint density at radius 1 is 1.09 bits per heavy atom. The second-order valence-corrected chi connectivity index (χ2v) is 9.08. The molecule has 1 aliphatic rings. The minimum absolute atomic E-state index is 0.181. The molecule has 0 aliphatic carbocycles. The third-order valence-electron chi connectivity index (χ3n) is 5.19. The van der Waals surface area contributed by atoms with Crippen LogP contribution in [0.3, 0.4) is 0 Å². The van der Waals surface area contributed by atoms with Crippen LogP contribution in [0, 0.1) is 5.82 Å². The Balaban J connectivity index is 1.42. The van der Waals surface area contributed by atoms with E-state index >= 15 is 0 Å². The highest BCUT2D eigenvalue weighted by atomic mass is 35.5. The van der Waals surface area contributed by atoms with Gasteiger partial charge in [-0.3, -0.25) is 4.79 Å². The van der Waals surface area contributed by atoms with Crippen molar-refractivity contribution < 1.29 is 13.9 Å². The molecular formula is C24H19ClFN5O2S. The summed E-state index contributed by atoms with van der Waals surface area (Å²) in [6, 6.07) is 21.9. The molecule has 3 aromatic carbocycles. The summed E-state index contributed by atoms with van der Waals surface area (Å²) in [5.74, 6) is 0.656. The lowest BCUT2D eigenvalue weighted by Crippen LogP contribution is -2.41. The minimum atomic E-state index is -0.607. The Hall–Kier alpha value is -3.56. The fraction of sp³-hybridized carbons (Fsp3) is 0.125. The molecule has 2 N–H and O–H groups in total. The number of nitrogens with one attached hydrogen (secondary N) is 2. The van der Waals surface area contributed by atoms with E-state index in [9.17, 15) is 9.18 Å². The van der Waals surface area contributed by atoms with E-state index in [1.807, 2.05) is 30.3 Å². The van der Waals surface area contributed by atoms with Gasteiger partial charge in [0, 0.05) is 10.7 Å². The van der Waals surface area contributed by atoms with Gasteiger partial charge in [-0.25, -0.2) is 9.07 Å².